The SMILES string of the molecule is O=[C]/C=C/c1ccccc1Br. The van der Waals surface area contributed by atoms with Crippen molar-refractivity contribution in [3.8, 4) is 0 Å². The third-order valence-electron chi connectivity index (χ3n) is 1.24. The van der Waals surface area contributed by atoms with Crippen molar-refractivity contribution in [3.05, 3.63) is 40.4 Å². The average Bonchev–Trinajstić information content (AvgIpc) is 2.03. The van der Waals surface area contributed by atoms with Gasteiger partial charge in [0.1, 0.15) is 0 Å². The molecule has 0 amide bonds. The lowest BCUT2D eigenvalue weighted by atomic mass is 10.2. The lowest BCUT2D eigenvalue weighted by Gasteiger charge is -1.94. The Kier molecular flexibility index (Phi) is 3.05. The first-order chi connectivity index (χ1) is 5.34. The Morgan fingerprint density at radius 3 is 2.73 bits per heavy atom. The van der Waals surface area contributed by atoms with Gasteiger partial charge >= 0.3 is 0 Å². The standard InChI is InChI=1S/C9H6BrO/c10-9-6-2-1-4-8(9)5-3-7-11/h1-6H/b5-3+. The number of halogens is 1. The number of hydrogen-bond donors (Lipinski definition) is 0. The largest absolute Gasteiger partial charge is 0.286 e. The van der Waals surface area contributed by atoms with Gasteiger partial charge in [0.05, 0.1) is 0 Å². The molecule has 0 bridgehead atoms. The van der Waals surface area contributed by atoms with Crippen molar-refractivity contribution in [2.75, 3.05) is 0 Å². The summed E-state index contributed by atoms with van der Waals surface area (Å²) in [5.41, 5.74) is 0.982. The van der Waals surface area contributed by atoms with E-state index in [-0.39, 0.29) is 0 Å². The van der Waals surface area contributed by atoms with Crippen LogP contribution in [0.4, 0.5) is 0 Å². The highest BCUT2D eigenvalue weighted by molar-refractivity contribution is 9.10. The number of benzene rings is 1. The molecule has 0 spiro atoms. The molecule has 0 aromatic heterocycles. The highest BCUT2D eigenvalue weighted by Gasteiger charge is 1.90. The Bertz CT molecular complexity index is 279. The third-order valence-corrected chi connectivity index (χ3v) is 1.96. The maximum atomic E-state index is 9.86. The predicted octanol–water partition coefficient (Wildman–Crippen LogP) is 2.57. The summed E-state index contributed by atoms with van der Waals surface area (Å²) >= 11 is 3.35. The molecule has 1 aromatic carbocycles. The molecule has 0 fully saturated rings. The normalized spacial score (nSPS) is 10.3. The van der Waals surface area contributed by atoms with E-state index in [1.54, 1.807) is 12.4 Å². The van der Waals surface area contributed by atoms with Gasteiger partial charge in [0, 0.05) is 4.47 Å². The molecule has 0 saturated carbocycles. The van der Waals surface area contributed by atoms with E-state index in [0.717, 1.165) is 10.0 Å². The van der Waals surface area contributed by atoms with Crippen LogP contribution in [0.25, 0.3) is 6.08 Å². The fourth-order valence-electron chi connectivity index (χ4n) is 0.734. The zero-order chi connectivity index (χ0) is 8.10. The zero-order valence-corrected chi connectivity index (χ0v) is 7.34. The number of carbonyl (C=O) groups excluding carboxylic acids is 1. The van der Waals surface area contributed by atoms with Gasteiger partial charge in [-0.3, -0.25) is 4.79 Å². The first kappa shape index (κ1) is 8.21. The Balaban J connectivity index is 2.94. The summed E-state index contributed by atoms with van der Waals surface area (Å²) in [6.45, 7) is 0. The molecule has 11 heavy (non-hydrogen) atoms. The van der Waals surface area contributed by atoms with E-state index in [4.69, 9.17) is 0 Å². The van der Waals surface area contributed by atoms with Crippen LogP contribution < -0.4 is 0 Å². The van der Waals surface area contributed by atoms with Gasteiger partial charge in [0.15, 0.2) is 0 Å². The highest BCUT2D eigenvalue weighted by atomic mass is 79.9. The molecule has 55 valence electrons. The molecule has 0 N–H and O–H groups in total. The second kappa shape index (κ2) is 4.09. The first-order valence-electron chi connectivity index (χ1n) is 3.13. The van der Waals surface area contributed by atoms with Crippen LogP contribution in [0.1, 0.15) is 5.56 Å². The van der Waals surface area contributed by atoms with Crippen molar-refractivity contribution >= 4 is 28.3 Å². The lowest BCUT2D eigenvalue weighted by Crippen LogP contribution is -1.72. The molecule has 0 atom stereocenters. The monoisotopic (exact) mass is 209 g/mol. The Hall–Kier alpha value is -0.890. The topological polar surface area (TPSA) is 17.1 Å². The van der Waals surface area contributed by atoms with Crippen molar-refractivity contribution in [1.82, 2.24) is 0 Å². The van der Waals surface area contributed by atoms with Gasteiger partial charge in [-0.25, -0.2) is 0 Å². The molecule has 1 radical (unpaired) electrons. The van der Waals surface area contributed by atoms with Crippen LogP contribution in [0.15, 0.2) is 34.8 Å². The quantitative estimate of drug-likeness (QED) is 0.685. The zero-order valence-electron chi connectivity index (χ0n) is 5.75. The fourth-order valence-corrected chi connectivity index (χ4v) is 1.15. The second-order valence-electron chi connectivity index (χ2n) is 1.97. The predicted molar refractivity (Wildman–Crippen MR) is 48.9 cm³/mol. The highest BCUT2D eigenvalue weighted by Crippen LogP contribution is 2.16. The molecule has 0 unspecified atom stereocenters. The molecule has 1 aromatic rings. The van der Waals surface area contributed by atoms with Gasteiger partial charge in [-0.1, -0.05) is 34.1 Å². The van der Waals surface area contributed by atoms with Crippen LogP contribution in [0.5, 0.6) is 0 Å². The molecule has 2 heteroatoms. The molecular formula is C9H6BrO. The van der Waals surface area contributed by atoms with E-state index in [9.17, 15) is 4.79 Å². The smallest absolute Gasteiger partial charge is 0.225 e. The third kappa shape index (κ3) is 2.31. The van der Waals surface area contributed by atoms with Crippen molar-refractivity contribution in [1.29, 1.82) is 0 Å². The summed E-state index contributed by atoms with van der Waals surface area (Å²) in [5, 5.41) is 0. The lowest BCUT2D eigenvalue weighted by molar-refractivity contribution is 0.564. The van der Waals surface area contributed by atoms with Crippen molar-refractivity contribution in [2.45, 2.75) is 0 Å². The van der Waals surface area contributed by atoms with Gasteiger partial charge in [0.2, 0.25) is 6.29 Å². The molecule has 0 aliphatic heterocycles. The van der Waals surface area contributed by atoms with Gasteiger partial charge in [-0.2, -0.15) is 0 Å². The van der Waals surface area contributed by atoms with Crippen LogP contribution in [0, 0.1) is 0 Å². The second-order valence-corrected chi connectivity index (χ2v) is 2.83. The van der Waals surface area contributed by atoms with Gasteiger partial charge in [0.25, 0.3) is 0 Å². The van der Waals surface area contributed by atoms with Gasteiger partial charge in [-0.05, 0) is 23.8 Å². The summed E-state index contributed by atoms with van der Waals surface area (Å²) in [5.74, 6) is 0. The molecule has 0 aliphatic carbocycles. The van der Waals surface area contributed by atoms with Gasteiger partial charge in [-0.15, -0.1) is 0 Å². The minimum absolute atomic E-state index is 0.978. The molecule has 1 rings (SSSR count). The molecule has 0 heterocycles. The summed E-state index contributed by atoms with van der Waals surface area (Å²) in [6, 6.07) is 7.67. The van der Waals surface area contributed by atoms with Crippen LogP contribution >= 0.6 is 15.9 Å². The molecular weight excluding hydrogens is 204 g/mol. The Morgan fingerprint density at radius 2 is 2.09 bits per heavy atom. The van der Waals surface area contributed by atoms with Crippen LogP contribution in [-0.4, -0.2) is 6.29 Å². The number of hydrogen-bond acceptors (Lipinski definition) is 1. The molecule has 1 nitrogen and oxygen atoms in total. The van der Waals surface area contributed by atoms with Crippen molar-refractivity contribution in [2.24, 2.45) is 0 Å². The fraction of sp³-hybridized carbons (Fsp3) is 0. The minimum Gasteiger partial charge on any atom is -0.286 e. The van der Waals surface area contributed by atoms with Crippen LogP contribution in [0.2, 0.25) is 0 Å². The first-order valence-corrected chi connectivity index (χ1v) is 3.92. The average molecular weight is 210 g/mol. The molecule has 0 saturated heterocycles. The van der Waals surface area contributed by atoms with E-state index in [1.807, 2.05) is 24.3 Å². The Labute approximate surface area is 73.9 Å². The van der Waals surface area contributed by atoms with E-state index in [0.29, 0.717) is 0 Å². The summed E-state index contributed by atoms with van der Waals surface area (Å²) in [4.78, 5) is 9.86. The van der Waals surface area contributed by atoms with Gasteiger partial charge < -0.3 is 0 Å². The van der Waals surface area contributed by atoms with E-state index in [2.05, 4.69) is 15.9 Å². The Morgan fingerprint density at radius 1 is 1.36 bits per heavy atom. The van der Waals surface area contributed by atoms with Crippen LogP contribution in [0.3, 0.4) is 0 Å². The summed E-state index contributed by atoms with van der Waals surface area (Å²) in [7, 11) is 0. The van der Waals surface area contributed by atoms with Crippen molar-refractivity contribution in [3.63, 3.8) is 0 Å². The minimum atomic E-state index is 0.978. The summed E-state index contributed by atoms with van der Waals surface area (Å²) in [6.07, 6.45) is 4.74. The maximum Gasteiger partial charge on any atom is 0.225 e. The van der Waals surface area contributed by atoms with Crippen LogP contribution in [-0.2, 0) is 4.79 Å². The maximum absolute atomic E-state index is 9.86. The number of rotatable bonds is 2. The number of allylic oxidation sites excluding steroid dienone is 1. The van der Waals surface area contributed by atoms with E-state index >= 15 is 0 Å². The van der Waals surface area contributed by atoms with E-state index < -0.39 is 0 Å². The summed E-state index contributed by atoms with van der Waals surface area (Å²) < 4.78 is 0.978. The van der Waals surface area contributed by atoms with E-state index in [1.165, 1.54) is 6.08 Å². The molecule has 0 aliphatic rings. The van der Waals surface area contributed by atoms with Crippen molar-refractivity contribution < 1.29 is 4.79 Å².